The van der Waals surface area contributed by atoms with Crippen LogP contribution in [-0.2, 0) is 19.1 Å². The fraction of sp³-hybridized carbons (Fsp3) is 0.833. The Labute approximate surface area is 249 Å². The number of allylic oxidation sites excluding steroid dienone is 2. The van der Waals surface area contributed by atoms with E-state index < -0.39 is 0 Å². The van der Waals surface area contributed by atoms with Gasteiger partial charge in [-0.3, -0.25) is 9.59 Å². The van der Waals surface area contributed by atoms with E-state index in [4.69, 9.17) is 9.47 Å². The molecule has 0 aliphatic heterocycles. The fourth-order valence-electron chi connectivity index (χ4n) is 4.31. The van der Waals surface area contributed by atoms with Crippen LogP contribution in [0.4, 0.5) is 0 Å². The number of ether oxygens (including phenoxy) is 2. The minimum atomic E-state index is -0.102. The predicted molar refractivity (Wildman–Crippen MR) is 171 cm³/mol. The van der Waals surface area contributed by atoms with Gasteiger partial charge in [-0.2, -0.15) is 0 Å². The lowest BCUT2D eigenvalue weighted by atomic mass is 9.91. The van der Waals surface area contributed by atoms with Crippen molar-refractivity contribution in [1.82, 2.24) is 0 Å². The Bertz CT molecular complexity index is 616. The average Bonchev–Trinajstić information content (AvgIpc) is 2.91. The molecule has 4 nitrogen and oxygen atoms in total. The normalized spacial score (nSPS) is 12.4. The maximum absolute atomic E-state index is 11.8. The molecule has 0 rings (SSSR count). The van der Waals surface area contributed by atoms with E-state index in [1.165, 1.54) is 89.9 Å². The van der Waals surface area contributed by atoms with Crippen molar-refractivity contribution in [2.45, 2.75) is 183 Å². The number of hydrogen-bond donors (Lipinski definition) is 0. The summed E-state index contributed by atoms with van der Waals surface area (Å²) in [6.07, 6.45) is 33.0. The Morgan fingerprint density at radius 2 is 0.675 bits per heavy atom. The molecule has 0 saturated heterocycles. The zero-order valence-corrected chi connectivity index (χ0v) is 27.5. The van der Waals surface area contributed by atoms with Gasteiger partial charge < -0.3 is 9.47 Å². The molecule has 0 N–H and O–H groups in total. The quantitative estimate of drug-likeness (QED) is 0.0567. The highest BCUT2D eigenvalue weighted by Crippen LogP contribution is 2.22. The molecular weight excluding hydrogens is 496 g/mol. The summed E-state index contributed by atoms with van der Waals surface area (Å²) in [5.74, 6) is -0.205. The molecule has 0 aromatic heterocycles. The molecule has 0 bridgehead atoms. The molecule has 0 aromatic carbocycles. The third-order valence-corrected chi connectivity index (χ3v) is 8.27. The molecule has 0 amide bonds. The third-order valence-electron chi connectivity index (χ3n) is 8.27. The zero-order valence-electron chi connectivity index (χ0n) is 27.5. The van der Waals surface area contributed by atoms with Crippen molar-refractivity contribution in [3.8, 4) is 0 Å². The average molecular weight is 563 g/mol. The van der Waals surface area contributed by atoms with Crippen LogP contribution >= 0.6 is 0 Å². The summed E-state index contributed by atoms with van der Waals surface area (Å²) < 4.78 is 10.4. The zero-order chi connectivity index (χ0) is 30.0. The second-order valence-corrected chi connectivity index (χ2v) is 13.1. The van der Waals surface area contributed by atoms with Crippen molar-refractivity contribution in [2.75, 3.05) is 0 Å². The Morgan fingerprint density at radius 1 is 0.450 bits per heavy atom. The molecule has 0 fully saturated rings. The van der Waals surface area contributed by atoms with E-state index in [-0.39, 0.29) is 22.8 Å². The van der Waals surface area contributed by atoms with Gasteiger partial charge in [0, 0.05) is 12.8 Å². The van der Waals surface area contributed by atoms with Gasteiger partial charge in [0.05, 0.1) is 12.5 Å². The predicted octanol–water partition coefficient (Wildman–Crippen LogP) is 11.8. The summed E-state index contributed by atoms with van der Waals surface area (Å²) in [6, 6.07) is 0. The molecule has 0 aromatic rings. The first-order valence-electron chi connectivity index (χ1n) is 16.9. The maximum atomic E-state index is 11.8. The van der Waals surface area contributed by atoms with Crippen LogP contribution in [0.5, 0.6) is 0 Å². The van der Waals surface area contributed by atoms with E-state index in [1.807, 2.05) is 12.2 Å². The molecule has 0 radical (unpaired) electrons. The second kappa shape index (κ2) is 25.2. The third kappa shape index (κ3) is 26.6. The minimum absolute atomic E-state index is 0.0898. The van der Waals surface area contributed by atoms with E-state index >= 15 is 0 Å². The molecule has 0 spiro atoms. The highest BCUT2D eigenvalue weighted by molar-refractivity contribution is 5.70. The van der Waals surface area contributed by atoms with Gasteiger partial charge in [0.1, 0.15) is 0 Å². The van der Waals surface area contributed by atoms with Crippen molar-refractivity contribution >= 4 is 11.9 Å². The lowest BCUT2D eigenvalue weighted by Gasteiger charge is -2.16. The number of carbonyl (C=O) groups is 2. The van der Waals surface area contributed by atoms with Crippen molar-refractivity contribution in [3.05, 3.63) is 24.7 Å². The first kappa shape index (κ1) is 38.4. The lowest BCUT2D eigenvalue weighted by molar-refractivity contribution is -0.139. The number of rotatable bonds is 27. The summed E-state index contributed by atoms with van der Waals surface area (Å²) in [5, 5.41) is 0. The smallest absolute Gasteiger partial charge is 0.310 e. The molecule has 40 heavy (non-hydrogen) atoms. The molecule has 0 aliphatic carbocycles. The fourth-order valence-corrected chi connectivity index (χ4v) is 4.31. The Balaban J connectivity index is 3.32. The van der Waals surface area contributed by atoms with Gasteiger partial charge in [0.15, 0.2) is 0 Å². The van der Waals surface area contributed by atoms with Crippen LogP contribution < -0.4 is 0 Å². The molecule has 0 saturated carbocycles. The van der Waals surface area contributed by atoms with Crippen LogP contribution in [0.15, 0.2) is 24.7 Å². The van der Waals surface area contributed by atoms with Gasteiger partial charge >= 0.3 is 11.9 Å². The SMILES string of the molecule is CCC(C)(C)C=COC(=O)CCCCCCCCCCCCCCCCCCCCC(=O)OC=CC(C)(C)CC. The van der Waals surface area contributed by atoms with Gasteiger partial charge in [-0.15, -0.1) is 0 Å². The van der Waals surface area contributed by atoms with Crippen LogP contribution in [0.1, 0.15) is 183 Å². The van der Waals surface area contributed by atoms with E-state index in [1.54, 1.807) is 12.5 Å². The summed E-state index contributed by atoms with van der Waals surface area (Å²) >= 11 is 0. The van der Waals surface area contributed by atoms with E-state index in [9.17, 15) is 9.59 Å². The second-order valence-electron chi connectivity index (χ2n) is 13.1. The van der Waals surface area contributed by atoms with Crippen molar-refractivity contribution < 1.29 is 19.1 Å². The van der Waals surface area contributed by atoms with Crippen molar-refractivity contribution in [3.63, 3.8) is 0 Å². The van der Waals surface area contributed by atoms with E-state index in [2.05, 4.69) is 41.5 Å². The number of hydrogen-bond acceptors (Lipinski definition) is 4. The molecule has 0 atom stereocenters. The van der Waals surface area contributed by atoms with Crippen LogP contribution in [0.25, 0.3) is 0 Å². The first-order chi connectivity index (χ1) is 19.1. The first-order valence-corrected chi connectivity index (χ1v) is 16.9. The highest BCUT2D eigenvalue weighted by atomic mass is 16.5. The van der Waals surface area contributed by atoms with Gasteiger partial charge in [-0.05, 0) is 48.7 Å². The molecule has 234 valence electrons. The van der Waals surface area contributed by atoms with E-state index in [0.717, 1.165) is 38.5 Å². The largest absolute Gasteiger partial charge is 0.435 e. The lowest BCUT2D eigenvalue weighted by Crippen LogP contribution is -2.06. The van der Waals surface area contributed by atoms with Gasteiger partial charge in [-0.1, -0.05) is 144 Å². The molecule has 4 heteroatoms. The van der Waals surface area contributed by atoms with Crippen LogP contribution in [0.2, 0.25) is 0 Å². The van der Waals surface area contributed by atoms with E-state index in [0.29, 0.717) is 12.8 Å². The Kier molecular flexibility index (Phi) is 24.2. The standard InChI is InChI=1S/C36H66O4/c1-7-35(3,4)29-31-39-33(37)27-25-23-21-19-17-15-13-11-9-10-12-14-16-18-20-22-24-26-28-34(38)40-32-30-36(5,6)8-2/h29-32H,7-28H2,1-6H3. The van der Waals surface area contributed by atoms with Crippen molar-refractivity contribution in [1.29, 1.82) is 0 Å². The van der Waals surface area contributed by atoms with Crippen molar-refractivity contribution in [2.24, 2.45) is 10.8 Å². The highest BCUT2D eigenvalue weighted by Gasteiger charge is 2.11. The van der Waals surface area contributed by atoms with Gasteiger partial charge in [0.25, 0.3) is 0 Å². The number of esters is 2. The molecule has 0 aliphatic rings. The van der Waals surface area contributed by atoms with Crippen LogP contribution in [-0.4, -0.2) is 11.9 Å². The van der Waals surface area contributed by atoms with Crippen LogP contribution in [0, 0.1) is 10.8 Å². The topological polar surface area (TPSA) is 52.6 Å². The van der Waals surface area contributed by atoms with Crippen LogP contribution in [0.3, 0.4) is 0 Å². The number of unbranched alkanes of at least 4 members (excludes halogenated alkanes) is 17. The summed E-state index contributed by atoms with van der Waals surface area (Å²) in [6.45, 7) is 12.8. The van der Waals surface area contributed by atoms with Gasteiger partial charge in [0.2, 0.25) is 0 Å². The summed E-state index contributed by atoms with van der Waals surface area (Å²) in [4.78, 5) is 23.6. The number of carbonyl (C=O) groups excluding carboxylic acids is 2. The Morgan fingerprint density at radius 3 is 0.900 bits per heavy atom. The summed E-state index contributed by atoms with van der Waals surface area (Å²) in [5.41, 5.74) is 0.180. The minimum Gasteiger partial charge on any atom is -0.435 e. The molecule has 0 heterocycles. The Hall–Kier alpha value is -1.58. The monoisotopic (exact) mass is 562 g/mol. The maximum Gasteiger partial charge on any atom is 0.310 e. The molecular formula is C36H66O4. The van der Waals surface area contributed by atoms with Gasteiger partial charge in [-0.25, -0.2) is 0 Å². The summed E-state index contributed by atoms with van der Waals surface area (Å²) in [7, 11) is 0. The molecule has 0 unspecified atom stereocenters.